The second-order valence-corrected chi connectivity index (χ2v) is 5.12. The van der Waals surface area contributed by atoms with Gasteiger partial charge in [0.1, 0.15) is 5.54 Å². The molecule has 1 unspecified atom stereocenters. The van der Waals surface area contributed by atoms with E-state index in [1.165, 1.54) is 0 Å². The molecule has 0 aromatic heterocycles. The second kappa shape index (κ2) is 10.3. The summed E-state index contributed by atoms with van der Waals surface area (Å²) in [6.07, 6.45) is 4.20. The summed E-state index contributed by atoms with van der Waals surface area (Å²) in [4.78, 5) is 2.27. The minimum Gasteiger partial charge on any atom is -0.383 e. The highest BCUT2D eigenvalue weighted by molar-refractivity contribution is 5.03. The van der Waals surface area contributed by atoms with Crippen molar-refractivity contribution in [2.45, 2.75) is 45.1 Å². The van der Waals surface area contributed by atoms with Crippen LogP contribution in [0.4, 0.5) is 0 Å². The SMILES string of the molecule is CCCNC(C)(C#N)CCCCN(C)CCOC. The van der Waals surface area contributed by atoms with Crippen LogP contribution in [0.25, 0.3) is 0 Å². The van der Waals surface area contributed by atoms with Gasteiger partial charge in [-0.15, -0.1) is 0 Å². The smallest absolute Gasteiger partial charge is 0.103 e. The van der Waals surface area contributed by atoms with Crippen LogP contribution in [-0.4, -0.2) is 50.8 Å². The molecular formula is C14H29N3O. The highest BCUT2D eigenvalue weighted by Crippen LogP contribution is 2.13. The molecule has 1 atom stereocenters. The van der Waals surface area contributed by atoms with Gasteiger partial charge in [0.25, 0.3) is 0 Å². The molecule has 1 N–H and O–H groups in total. The Morgan fingerprint density at radius 3 is 2.61 bits per heavy atom. The topological polar surface area (TPSA) is 48.3 Å². The van der Waals surface area contributed by atoms with Crippen molar-refractivity contribution in [3.05, 3.63) is 0 Å². The number of rotatable bonds is 11. The van der Waals surface area contributed by atoms with Crippen molar-refractivity contribution >= 4 is 0 Å². The van der Waals surface area contributed by atoms with Crippen molar-refractivity contribution in [3.63, 3.8) is 0 Å². The molecule has 0 aromatic rings. The van der Waals surface area contributed by atoms with Crippen LogP contribution in [0.1, 0.15) is 39.5 Å². The van der Waals surface area contributed by atoms with Crippen molar-refractivity contribution in [3.8, 4) is 6.07 Å². The molecule has 0 bridgehead atoms. The van der Waals surface area contributed by atoms with Crippen molar-refractivity contribution in [2.24, 2.45) is 0 Å². The van der Waals surface area contributed by atoms with Gasteiger partial charge in [-0.1, -0.05) is 6.92 Å². The molecule has 0 amide bonds. The summed E-state index contributed by atoms with van der Waals surface area (Å²) in [5, 5.41) is 12.5. The monoisotopic (exact) mass is 255 g/mol. The third kappa shape index (κ3) is 8.46. The van der Waals surface area contributed by atoms with Crippen molar-refractivity contribution in [1.29, 1.82) is 5.26 Å². The van der Waals surface area contributed by atoms with Gasteiger partial charge in [-0.25, -0.2) is 0 Å². The fraction of sp³-hybridized carbons (Fsp3) is 0.929. The van der Waals surface area contributed by atoms with Crippen molar-refractivity contribution in [1.82, 2.24) is 10.2 Å². The third-order valence-corrected chi connectivity index (χ3v) is 3.16. The lowest BCUT2D eigenvalue weighted by molar-refractivity contribution is 0.160. The lowest BCUT2D eigenvalue weighted by Gasteiger charge is -2.23. The van der Waals surface area contributed by atoms with E-state index >= 15 is 0 Å². The van der Waals surface area contributed by atoms with Crippen LogP contribution in [0.3, 0.4) is 0 Å². The Morgan fingerprint density at radius 2 is 2.06 bits per heavy atom. The van der Waals surface area contributed by atoms with Gasteiger partial charge in [-0.05, 0) is 52.7 Å². The standard InChI is InChI=1S/C14H29N3O/c1-5-9-16-14(2,13-15)8-6-7-10-17(3)11-12-18-4/h16H,5-12H2,1-4H3. The number of unbranched alkanes of at least 4 members (excludes halogenated alkanes) is 1. The van der Waals surface area contributed by atoms with Crippen LogP contribution in [0, 0.1) is 11.3 Å². The van der Waals surface area contributed by atoms with Gasteiger partial charge < -0.3 is 9.64 Å². The number of ether oxygens (including phenoxy) is 1. The van der Waals surface area contributed by atoms with E-state index in [1.807, 2.05) is 6.92 Å². The summed E-state index contributed by atoms with van der Waals surface area (Å²) in [5.74, 6) is 0. The Kier molecular flexibility index (Phi) is 9.95. The maximum Gasteiger partial charge on any atom is 0.103 e. The van der Waals surface area contributed by atoms with Crippen LogP contribution < -0.4 is 5.32 Å². The predicted molar refractivity (Wildman–Crippen MR) is 75.5 cm³/mol. The van der Waals surface area contributed by atoms with Gasteiger partial charge in [0.15, 0.2) is 0 Å². The van der Waals surface area contributed by atoms with E-state index in [2.05, 4.69) is 30.3 Å². The van der Waals surface area contributed by atoms with E-state index in [4.69, 9.17) is 4.74 Å². The van der Waals surface area contributed by atoms with Crippen LogP contribution in [0.15, 0.2) is 0 Å². The van der Waals surface area contributed by atoms with Gasteiger partial charge in [-0.2, -0.15) is 5.26 Å². The zero-order chi connectivity index (χ0) is 13.9. The number of nitrogens with zero attached hydrogens (tertiary/aromatic N) is 2. The summed E-state index contributed by atoms with van der Waals surface area (Å²) >= 11 is 0. The zero-order valence-corrected chi connectivity index (χ0v) is 12.5. The molecule has 106 valence electrons. The number of likely N-dealkylation sites (N-methyl/N-ethyl adjacent to an activating group) is 1. The number of methoxy groups -OCH3 is 1. The van der Waals surface area contributed by atoms with E-state index in [0.717, 1.165) is 51.9 Å². The fourth-order valence-corrected chi connectivity index (χ4v) is 1.80. The van der Waals surface area contributed by atoms with Gasteiger partial charge in [0.2, 0.25) is 0 Å². The summed E-state index contributed by atoms with van der Waals surface area (Å²) < 4.78 is 5.04. The normalized spacial score (nSPS) is 14.4. The maximum atomic E-state index is 9.20. The fourth-order valence-electron chi connectivity index (χ4n) is 1.80. The summed E-state index contributed by atoms with van der Waals surface area (Å²) in [6, 6.07) is 2.39. The largest absolute Gasteiger partial charge is 0.383 e. The lowest BCUT2D eigenvalue weighted by atomic mass is 9.96. The second-order valence-electron chi connectivity index (χ2n) is 5.12. The summed E-state index contributed by atoms with van der Waals surface area (Å²) in [6.45, 7) is 7.86. The minimum atomic E-state index is -0.360. The molecule has 0 saturated heterocycles. The van der Waals surface area contributed by atoms with Crippen LogP contribution in [-0.2, 0) is 4.74 Å². The molecule has 4 nitrogen and oxygen atoms in total. The quantitative estimate of drug-likeness (QED) is 0.574. The molecule has 4 heteroatoms. The molecule has 0 rings (SSSR count). The molecule has 0 saturated carbocycles. The molecule has 0 aliphatic heterocycles. The van der Waals surface area contributed by atoms with E-state index in [-0.39, 0.29) is 5.54 Å². The van der Waals surface area contributed by atoms with E-state index in [9.17, 15) is 5.26 Å². The first kappa shape index (κ1) is 17.4. The van der Waals surface area contributed by atoms with Crippen LogP contribution in [0.2, 0.25) is 0 Å². The van der Waals surface area contributed by atoms with Crippen molar-refractivity contribution < 1.29 is 4.74 Å². The number of hydrogen-bond acceptors (Lipinski definition) is 4. The van der Waals surface area contributed by atoms with Gasteiger partial charge in [0, 0.05) is 13.7 Å². The predicted octanol–water partition coefficient (Wildman–Crippen LogP) is 2.02. The zero-order valence-electron chi connectivity index (χ0n) is 12.5. The van der Waals surface area contributed by atoms with E-state index in [1.54, 1.807) is 7.11 Å². The first-order chi connectivity index (χ1) is 8.58. The Bertz CT molecular complexity index is 240. The Morgan fingerprint density at radius 1 is 1.33 bits per heavy atom. The third-order valence-electron chi connectivity index (χ3n) is 3.16. The number of nitriles is 1. The van der Waals surface area contributed by atoms with Crippen molar-refractivity contribution in [2.75, 3.05) is 40.4 Å². The van der Waals surface area contributed by atoms with E-state index < -0.39 is 0 Å². The summed E-state index contributed by atoms with van der Waals surface area (Å²) in [5.41, 5.74) is -0.360. The molecule has 0 aliphatic rings. The number of nitrogens with one attached hydrogen (secondary N) is 1. The lowest BCUT2D eigenvalue weighted by Crippen LogP contribution is -2.41. The molecule has 0 radical (unpaired) electrons. The van der Waals surface area contributed by atoms with Gasteiger partial charge in [-0.3, -0.25) is 5.32 Å². The highest BCUT2D eigenvalue weighted by Gasteiger charge is 2.21. The first-order valence-corrected chi connectivity index (χ1v) is 6.91. The number of hydrogen-bond donors (Lipinski definition) is 1. The maximum absolute atomic E-state index is 9.20. The van der Waals surface area contributed by atoms with E-state index in [0.29, 0.717) is 0 Å². The minimum absolute atomic E-state index is 0.360. The van der Waals surface area contributed by atoms with Crippen LogP contribution in [0.5, 0.6) is 0 Å². The molecule has 0 heterocycles. The Hall–Kier alpha value is -0.630. The first-order valence-electron chi connectivity index (χ1n) is 6.91. The van der Waals surface area contributed by atoms with Gasteiger partial charge >= 0.3 is 0 Å². The molecular weight excluding hydrogens is 226 g/mol. The van der Waals surface area contributed by atoms with Crippen LogP contribution >= 0.6 is 0 Å². The average Bonchev–Trinajstić information content (AvgIpc) is 2.39. The Labute approximate surface area is 112 Å². The molecule has 0 aromatic carbocycles. The highest BCUT2D eigenvalue weighted by atomic mass is 16.5. The summed E-state index contributed by atoms with van der Waals surface area (Å²) in [7, 11) is 3.84. The average molecular weight is 255 g/mol. The molecule has 0 aliphatic carbocycles. The molecule has 0 spiro atoms. The van der Waals surface area contributed by atoms with Gasteiger partial charge in [0.05, 0.1) is 12.7 Å². The molecule has 0 fully saturated rings. The Balaban J connectivity index is 3.71. The molecule has 18 heavy (non-hydrogen) atoms.